The van der Waals surface area contributed by atoms with Crippen molar-refractivity contribution in [3.8, 4) is 0 Å². The largest absolute Gasteiger partial charge is 0.394 e. The predicted molar refractivity (Wildman–Crippen MR) is 387 cm³/mol. The van der Waals surface area contributed by atoms with Crippen molar-refractivity contribution in [1.82, 2.24) is 5.32 Å². The zero-order chi connectivity index (χ0) is 71.1. The highest BCUT2D eigenvalue weighted by atomic mass is 16.8. The molecule has 0 saturated carbocycles. The molecule has 19 nitrogen and oxygen atoms in total. The number of nitrogens with one attached hydrogen (secondary N) is 1. The van der Waals surface area contributed by atoms with Crippen molar-refractivity contribution in [3.05, 3.63) is 97.2 Å². The topological polar surface area (TPSA) is 307 Å². The first-order valence-corrected chi connectivity index (χ1v) is 38.5. The van der Waals surface area contributed by atoms with E-state index < -0.39 is 124 Å². The van der Waals surface area contributed by atoms with Crippen molar-refractivity contribution >= 4 is 5.91 Å². The molecule has 1 amide bonds. The van der Waals surface area contributed by atoms with Crippen LogP contribution in [0.5, 0.6) is 0 Å². The van der Waals surface area contributed by atoms with Gasteiger partial charge in [0.2, 0.25) is 5.91 Å². The lowest BCUT2D eigenvalue weighted by Gasteiger charge is -2.48. The molecule has 98 heavy (non-hydrogen) atoms. The smallest absolute Gasteiger partial charge is 0.220 e. The molecule has 19 heteroatoms. The summed E-state index contributed by atoms with van der Waals surface area (Å²) in [6.45, 7) is 1.61. The highest BCUT2D eigenvalue weighted by Gasteiger charge is 2.53. The second kappa shape index (κ2) is 59.1. The van der Waals surface area contributed by atoms with E-state index in [1.165, 1.54) is 154 Å². The number of allylic oxidation sites excluding steroid dienone is 15. The lowest BCUT2D eigenvalue weighted by molar-refractivity contribution is -0.379. The Morgan fingerprint density at radius 2 is 0.714 bits per heavy atom. The molecule has 17 unspecified atom stereocenters. The van der Waals surface area contributed by atoms with Gasteiger partial charge in [-0.05, 0) is 83.5 Å². The van der Waals surface area contributed by atoms with E-state index in [0.29, 0.717) is 12.8 Å². The molecule has 0 radical (unpaired) electrons. The number of aliphatic hydroxyl groups is 11. The number of unbranched alkanes of at least 4 members (excludes halogenated alkanes) is 29. The molecule has 3 aliphatic rings. The third kappa shape index (κ3) is 39.4. The number of amides is 1. The quantitative estimate of drug-likeness (QED) is 0.0199. The predicted octanol–water partition coefficient (Wildman–Crippen LogP) is 12.0. The maximum Gasteiger partial charge on any atom is 0.220 e. The average Bonchev–Trinajstić information content (AvgIpc) is 0.785. The van der Waals surface area contributed by atoms with Gasteiger partial charge in [-0.3, -0.25) is 4.79 Å². The number of hydrogen-bond donors (Lipinski definition) is 12. The van der Waals surface area contributed by atoms with Crippen molar-refractivity contribution in [1.29, 1.82) is 0 Å². The maximum absolute atomic E-state index is 13.4. The highest BCUT2D eigenvalue weighted by Crippen LogP contribution is 2.33. The Bertz CT molecular complexity index is 2150. The molecule has 0 spiro atoms. The minimum absolute atomic E-state index is 0.232. The van der Waals surface area contributed by atoms with Crippen LogP contribution >= 0.6 is 0 Å². The lowest BCUT2D eigenvalue weighted by Crippen LogP contribution is -2.66. The molecular formula is C79H137NO18. The van der Waals surface area contributed by atoms with Crippen LogP contribution in [0.2, 0.25) is 0 Å². The normalized spacial score (nSPS) is 27.3. The fraction of sp³-hybridized carbons (Fsp3) is 0.785. The standard InChI is InChI=1S/C79H137NO18/c1-3-5-7-9-11-13-15-17-19-21-23-24-25-26-27-28-29-30-31-32-33-34-35-36-37-38-39-41-43-45-47-49-51-53-55-57-67(85)80-62(63(84)56-54-52-50-48-46-44-42-40-22-20-18-16-14-12-10-8-6-4-2)61-93-77-73(91)70(88)75(65(59-82)95-77)98-79-74(92)71(89)76(66(60-83)96-79)97-78-72(90)69(87)68(86)64(58-81)94-78/h5,7,11,13,17,19,23-24,26-27,29-30,46,48,54,56,62-66,68-79,81-84,86-92H,3-4,6,8-10,12,14-16,18,20-22,25,28,31-45,47,49-53,55,57-61H2,1-2H3,(H,80,85)/b7-5-,13-11-,19-17-,24-23-,27-26-,30-29-,48-46+,56-54+. The van der Waals surface area contributed by atoms with Crippen LogP contribution < -0.4 is 5.32 Å². The minimum atomic E-state index is -1.98. The molecule has 0 aromatic rings. The van der Waals surface area contributed by atoms with Crippen LogP contribution in [-0.4, -0.2) is 193 Å². The average molecular weight is 1390 g/mol. The Balaban J connectivity index is 1.36. The number of hydrogen-bond acceptors (Lipinski definition) is 18. The van der Waals surface area contributed by atoms with E-state index in [2.05, 4.69) is 104 Å². The van der Waals surface area contributed by atoms with Crippen molar-refractivity contribution in [2.75, 3.05) is 26.4 Å². The van der Waals surface area contributed by atoms with Crippen molar-refractivity contribution < 1.29 is 89.4 Å². The summed E-state index contributed by atoms with van der Waals surface area (Å²) in [6, 6.07) is -0.995. The molecule has 3 heterocycles. The zero-order valence-electron chi connectivity index (χ0n) is 60.2. The molecule has 12 N–H and O–H groups in total. The molecule has 0 bridgehead atoms. The van der Waals surface area contributed by atoms with Crippen LogP contribution in [0, 0.1) is 0 Å². The Labute approximate surface area is 590 Å². The van der Waals surface area contributed by atoms with E-state index in [0.717, 1.165) is 77.0 Å². The molecule has 0 aromatic carbocycles. The summed E-state index contributed by atoms with van der Waals surface area (Å²) in [5.41, 5.74) is 0. The minimum Gasteiger partial charge on any atom is -0.394 e. The summed E-state index contributed by atoms with van der Waals surface area (Å²) in [5.74, 6) is -0.286. The Hall–Kier alpha value is -3.29. The van der Waals surface area contributed by atoms with Gasteiger partial charge < -0.3 is 89.9 Å². The van der Waals surface area contributed by atoms with Crippen LogP contribution in [0.3, 0.4) is 0 Å². The summed E-state index contributed by atoms with van der Waals surface area (Å²) >= 11 is 0. The zero-order valence-corrected chi connectivity index (χ0v) is 60.2. The van der Waals surface area contributed by atoms with Crippen LogP contribution in [0.15, 0.2) is 97.2 Å². The number of ether oxygens (including phenoxy) is 6. The summed E-state index contributed by atoms with van der Waals surface area (Å²) in [5, 5.41) is 121. The van der Waals surface area contributed by atoms with Crippen molar-refractivity contribution in [2.24, 2.45) is 0 Å². The summed E-state index contributed by atoms with van der Waals surface area (Å²) in [6.07, 6.45) is 52.5. The summed E-state index contributed by atoms with van der Waals surface area (Å²) in [7, 11) is 0. The van der Waals surface area contributed by atoms with Crippen LogP contribution in [0.4, 0.5) is 0 Å². The third-order valence-corrected chi connectivity index (χ3v) is 18.6. The first-order chi connectivity index (χ1) is 47.8. The van der Waals surface area contributed by atoms with Gasteiger partial charge in [0.05, 0.1) is 38.6 Å². The molecule has 566 valence electrons. The van der Waals surface area contributed by atoms with Gasteiger partial charge in [-0.15, -0.1) is 0 Å². The molecular weight excluding hydrogens is 1250 g/mol. The van der Waals surface area contributed by atoms with Gasteiger partial charge in [0, 0.05) is 6.42 Å². The molecule has 0 aliphatic carbocycles. The second-order valence-electron chi connectivity index (χ2n) is 27.1. The van der Waals surface area contributed by atoms with E-state index in [4.69, 9.17) is 28.4 Å². The van der Waals surface area contributed by atoms with E-state index in [1.54, 1.807) is 6.08 Å². The number of carbonyl (C=O) groups is 1. The van der Waals surface area contributed by atoms with E-state index in [9.17, 15) is 61.0 Å². The molecule has 0 aromatic heterocycles. The Morgan fingerprint density at radius 1 is 0.378 bits per heavy atom. The van der Waals surface area contributed by atoms with Gasteiger partial charge in [-0.2, -0.15) is 0 Å². The molecule has 3 aliphatic heterocycles. The highest BCUT2D eigenvalue weighted by molar-refractivity contribution is 5.76. The van der Waals surface area contributed by atoms with Crippen molar-refractivity contribution in [3.63, 3.8) is 0 Å². The first-order valence-electron chi connectivity index (χ1n) is 38.5. The number of carbonyl (C=O) groups excluding carboxylic acids is 1. The Kier molecular flexibility index (Phi) is 53.7. The maximum atomic E-state index is 13.4. The van der Waals surface area contributed by atoms with Gasteiger partial charge in [-0.25, -0.2) is 0 Å². The van der Waals surface area contributed by atoms with E-state index in [-0.39, 0.29) is 18.9 Å². The summed E-state index contributed by atoms with van der Waals surface area (Å²) < 4.78 is 34.4. The van der Waals surface area contributed by atoms with Gasteiger partial charge in [0.1, 0.15) is 73.2 Å². The molecule has 3 saturated heterocycles. The second-order valence-corrected chi connectivity index (χ2v) is 27.1. The van der Waals surface area contributed by atoms with Crippen LogP contribution in [-0.2, 0) is 33.2 Å². The Morgan fingerprint density at radius 3 is 1.14 bits per heavy atom. The number of aliphatic hydroxyl groups excluding tert-OH is 11. The molecule has 17 atom stereocenters. The van der Waals surface area contributed by atoms with Crippen molar-refractivity contribution in [2.45, 2.75) is 369 Å². The van der Waals surface area contributed by atoms with Gasteiger partial charge in [-0.1, -0.05) is 272 Å². The SMILES string of the molecule is CC/C=C\C/C=C\C/C=C\C/C=C\C/C=C\C/C=C\CCCCCCCCCCCCCCCCCCC(=O)NC(COC1OC(CO)C(OC2OC(CO)C(OC3OC(CO)C(O)C(O)C3O)C(O)C2O)C(O)C1O)C(O)/C=C/CC/C=C/CCCCCCCCCCCCCC. The number of rotatable bonds is 59. The van der Waals surface area contributed by atoms with Gasteiger partial charge in [0.25, 0.3) is 0 Å². The fourth-order valence-electron chi connectivity index (χ4n) is 12.4. The van der Waals surface area contributed by atoms with Crippen LogP contribution in [0.1, 0.15) is 264 Å². The monoisotopic (exact) mass is 1390 g/mol. The van der Waals surface area contributed by atoms with Gasteiger partial charge in [0.15, 0.2) is 18.9 Å². The van der Waals surface area contributed by atoms with Crippen LogP contribution in [0.25, 0.3) is 0 Å². The first kappa shape index (κ1) is 88.9. The van der Waals surface area contributed by atoms with Gasteiger partial charge >= 0.3 is 0 Å². The molecule has 3 fully saturated rings. The summed E-state index contributed by atoms with van der Waals surface area (Å²) in [4.78, 5) is 13.4. The van der Waals surface area contributed by atoms with E-state index in [1.807, 2.05) is 6.08 Å². The fourth-order valence-corrected chi connectivity index (χ4v) is 12.4. The lowest BCUT2D eigenvalue weighted by atomic mass is 9.96. The third-order valence-electron chi connectivity index (χ3n) is 18.6. The van der Waals surface area contributed by atoms with E-state index >= 15 is 0 Å². The molecule has 3 rings (SSSR count).